The molecule has 0 fully saturated rings. The molecule has 0 N–H and O–H groups in total. The molecule has 0 aliphatic rings. The highest BCUT2D eigenvalue weighted by atomic mass is 14.9. The second-order valence-electron chi connectivity index (χ2n) is 13.0. The van der Waals surface area contributed by atoms with Crippen LogP contribution in [-0.4, -0.2) is 19.9 Å². The van der Waals surface area contributed by atoms with E-state index in [-0.39, 0.29) is 0 Å². The zero-order valence-electron chi connectivity index (χ0n) is 28.1. The van der Waals surface area contributed by atoms with Gasteiger partial charge in [0.1, 0.15) is 0 Å². The Kier molecular flexibility index (Phi) is 7.10. The van der Waals surface area contributed by atoms with Crippen LogP contribution in [0.3, 0.4) is 0 Å². The van der Waals surface area contributed by atoms with Gasteiger partial charge in [0.25, 0.3) is 0 Å². The van der Waals surface area contributed by atoms with Gasteiger partial charge in [-0.25, -0.2) is 19.9 Å². The summed E-state index contributed by atoms with van der Waals surface area (Å²) >= 11 is 0. The lowest BCUT2D eigenvalue weighted by atomic mass is 9.91. The molecule has 0 aliphatic heterocycles. The monoisotopic (exact) mass is 662 g/mol. The summed E-state index contributed by atoms with van der Waals surface area (Å²) < 4.78 is 0. The molecule has 8 aromatic carbocycles. The van der Waals surface area contributed by atoms with Gasteiger partial charge in [-0.05, 0) is 56.6 Å². The maximum atomic E-state index is 5.17. The molecule has 0 aliphatic carbocycles. The molecule has 4 heteroatoms. The zero-order valence-corrected chi connectivity index (χ0v) is 28.1. The lowest BCUT2D eigenvalue weighted by molar-refractivity contribution is 1.18. The summed E-state index contributed by atoms with van der Waals surface area (Å²) in [7, 11) is 0. The molecule has 242 valence electrons. The van der Waals surface area contributed by atoms with Gasteiger partial charge in [-0.15, -0.1) is 0 Å². The molecule has 4 nitrogen and oxygen atoms in total. The second-order valence-corrected chi connectivity index (χ2v) is 13.0. The molecular weight excluding hydrogens is 633 g/mol. The van der Waals surface area contributed by atoms with Gasteiger partial charge >= 0.3 is 0 Å². The fourth-order valence-corrected chi connectivity index (χ4v) is 7.35. The lowest BCUT2D eigenvalue weighted by Gasteiger charge is -2.14. The summed E-state index contributed by atoms with van der Waals surface area (Å²) in [5.41, 5.74) is 8.80. The molecule has 2 aromatic heterocycles. The number of benzene rings is 8. The van der Waals surface area contributed by atoms with Gasteiger partial charge in [0.05, 0.1) is 22.6 Å². The van der Waals surface area contributed by atoms with Crippen molar-refractivity contribution in [3.63, 3.8) is 0 Å². The summed E-state index contributed by atoms with van der Waals surface area (Å²) in [4.78, 5) is 20.4. The van der Waals surface area contributed by atoms with Crippen LogP contribution in [0.1, 0.15) is 0 Å². The van der Waals surface area contributed by atoms with Crippen LogP contribution in [0.5, 0.6) is 0 Å². The third kappa shape index (κ3) is 5.17. The Morgan fingerprint density at radius 1 is 0.250 bits per heavy atom. The van der Waals surface area contributed by atoms with Crippen LogP contribution >= 0.6 is 0 Å². The Bertz CT molecular complexity index is 2860. The van der Waals surface area contributed by atoms with Crippen LogP contribution in [0.4, 0.5) is 0 Å². The quantitative estimate of drug-likeness (QED) is 0.172. The van der Waals surface area contributed by atoms with E-state index in [9.17, 15) is 0 Å². The molecule has 0 unspecified atom stereocenters. The smallest absolute Gasteiger partial charge is 0.160 e. The molecule has 0 amide bonds. The Hall–Kier alpha value is -7.04. The van der Waals surface area contributed by atoms with E-state index in [1.165, 1.54) is 32.3 Å². The van der Waals surface area contributed by atoms with Crippen molar-refractivity contribution in [2.24, 2.45) is 0 Å². The summed E-state index contributed by atoms with van der Waals surface area (Å²) in [5, 5.41) is 8.15. The Morgan fingerprint density at radius 3 is 1.37 bits per heavy atom. The van der Waals surface area contributed by atoms with Gasteiger partial charge in [-0.2, -0.15) is 0 Å². The van der Waals surface area contributed by atoms with Crippen molar-refractivity contribution in [2.45, 2.75) is 0 Å². The summed E-state index contributed by atoms with van der Waals surface area (Å²) in [6.07, 6.45) is 0. The predicted molar refractivity (Wildman–Crippen MR) is 215 cm³/mol. The van der Waals surface area contributed by atoms with Crippen LogP contribution < -0.4 is 0 Å². The van der Waals surface area contributed by atoms with E-state index < -0.39 is 0 Å². The van der Waals surface area contributed by atoms with Gasteiger partial charge in [0.2, 0.25) is 0 Å². The lowest BCUT2D eigenvalue weighted by Crippen LogP contribution is -1.96. The van der Waals surface area contributed by atoms with Crippen LogP contribution in [0.15, 0.2) is 182 Å². The van der Waals surface area contributed by atoms with Crippen LogP contribution in [0, 0.1) is 0 Å². The average molecular weight is 663 g/mol. The van der Waals surface area contributed by atoms with Gasteiger partial charge in [0.15, 0.2) is 11.6 Å². The maximum absolute atomic E-state index is 5.17. The first-order valence-electron chi connectivity index (χ1n) is 17.5. The van der Waals surface area contributed by atoms with E-state index >= 15 is 0 Å². The normalized spacial score (nSPS) is 11.5. The van der Waals surface area contributed by atoms with Crippen LogP contribution in [0.25, 0.3) is 99.8 Å². The third-order valence-electron chi connectivity index (χ3n) is 9.87. The van der Waals surface area contributed by atoms with E-state index in [0.717, 1.165) is 55.8 Å². The summed E-state index contributed by atoms with van der Waals surface area (Å²) in [5.74, 6) is 1.42. The van der Waals surface area contributed by atoms with E-state index in [0.29, 0.717) is 11.6 Å². The van der Waals surface area contributed by atoms with Crippen molar-refractivity contribution < 1.29 is 0 Å². The van der Waals surface area contributed by atoms with Crippen LogP contribution in [-0.2, 0) is 0 Å². The molecule has 0 saturated heterocycles. The van der Waals surface area contributed by atoms with Gasteiger partial charge < -0.3 is 0 Å². The summed E-state index contributed by atoms with van der Waals surface area (Å²) in [6, 6.07) is 63.3. The minimum absolute atomic E-state index is 0.708. The van der Waals surface area contributed by atoms with Gasteiger partial charge in [-0.1, -0.05) is 158 Å². The maximum Gasteiger partial charge on any atom is 0.160 e. The van der Waals surface area contributed by atoms with Crippen molar-refractivity contribution in [1.29, 1.82) is 0 Å². The molecule has 0 saturated carbocycles. The number of fused-ring (bicyclic) bond motifs is 7. The van der Waals surface area contributed by atoms with E-state index in [1.807, 2.05) is 54.6 Å². The molecule has 52 heavy (non-hydrogen) atoms. The second kappa shape index (κ2) is 12.4. The molecular formula is C48H30N4. The van der Waals surface area contributed by atoms with Crippen molar-refractivity contribution >= 4 is 43.2 Å². The zero-order chi connectivity index (χ0) is 34.4. The van der Waals surface area contributed by atoms with Gasteiger partial charge in [-0.3, -0.25) is 0 Å². The third-order valence-corrected chi connectivity index (χ3v) is 9.87. The number of nitrogens with zero attached hydrogens (tertiary/aromatic N) is 4. The highest BCUT2D eigenvalue weighted by Crippen LogP contribution is 2.39. The van der Waals surface area contributed by atoms with Crippen molar-refractivity contribution in [3.05, 3.63) is 182 Å². The number of para-hydroxylation sites is 1. The molecule has 10 rings (SSSR count). The van der Waals surface area contributed by atoms with Crippen molar-refractivity contribution in [2.75, 3.05) is 0 Å². The molecule has 2 heterocycles. The molecule has 0 atom stereocenters. The SMILES string of the molecule is c1ccc(-c2cc(-c3ccc4c5ccc(-c6nc(-c7ccccc7)c7ccccc7n6)cc5c5ccccc5c4c3)nc(-c3ccccc3)n2)cc1. The number of hydrogen-bond donors (Lipinski definition) is 0. The van der Waals surface area contributed by atoms with Gasteiger partial charge in [0, 0.05) is 33.2 Å². The predicted octanol–water partition coefficient (Wildman–Crippen LogP) is 12.2. The Labute approximate surface area is 300 Å². The topological polar surface area (TPSA) is 51.6 Å². The van der Waals surface area contributed by atoms with E-state index in [1.54, 1.807) is 0 Å². The molecule has 0 spiro atoms. The fraction of sp³-hybridized carbons (Fsp3) is 0. The Morgan fingerprint density at radius 2 is 0.712 bits per heavy atom. The highest BCUT2D eigenvalue weighted by Gasteiger charge is 2.16. The number of aromatic nitrogens is 4. The van der Waals surface area contributed by atoms with E-state index in [4.69, 9.17) is 19.9 Å². The largest absolute Gasteiger partial charge is 0.228 e. The minimum Gasteiger partial charge on any atom is -0.228 e. The molecule has 10 aromatic rings. The molecule has 0 bridgehead atoms. The fourth-order valence-electron chi connectivity index (χ4n) is 7.35. The van der Waals surface area contributed by atoms with E-state index in [2.05, 4.69) is 127 Å². The first-order valence-corrected chi connectivity index (χ1v) is 17.5. The number of hydrogen-bond acceptors (Lipinski definition) is 4. The number of rotatable bonds is 5. The summed E-state index contributed by atoms with van der Waals surface area (Å²) in [6.45, 7) is 0. The van der Waals surface area contributed by atoms with Crippen molar-refractivity contribution in [3.8, 4) is 56.5 Å². The highest BCUT2D eigenvalue weighted by molar-refractivity contribution is 6.26. The standard InChI is InChI=1S/C48H30N4/c1-4-14-31(15-5-1)44-30-45(51-47(50-44)33-18-8-3-9-19-33)34-24-26-38-39-27-25-35(29-42(39)37-21-11-10-20-36(37)41(38)28-34)48-49-43-23-13-12-22-40(43)46(52-48)32-16-6-2-7-17-32/h1-30H. The van der Waals surface area contributed by atoms with Crippen LogP contribution in [0.2, 0.25) is 0 Å². The molecule has 0 radical (unpaired) electrons. The Balaban J connectivity index is 1.16. The first kappa shape index (κ1) is 29.8. The average Bonchev–Trinajstić information content (AvgIpc) is 3.24. The van der Waals surface area contributed by atoms with Crippen molar-refractivity contribution in [1.82, 2.24) is 19.9 Å². The minimum atomic E-state index is 0.708. The first-order chi connectivity index (χ1) is 25.8.